The fraction of sp³-hybridized carbons (Fsp3) is 0.294. The lowest BCUT2D eigenvalue weighted by atomic mass is 9.96. The van der Waals surface area contributed by atoms with Gasteiger partial charge in [-0.3, -0.25) is 9.69 Å². The van der Waals surface area contributed by atoms with Crippen LogP contribution >= 0.6 is 0 Å². The van der Waals surface area contributed by atoms with E-state index in [-0.39, 0.29) is 11.7 Å². The summed E-state index contributed by atoms with van der Waals surface area (Å²) in [4.78, 5) is 17.1. The van der Waals surface area contributed by atoms with Crippen LogP contribution < -0.4 is 4.74 Å². The molecule has 23 heavy (non-hydrogen) atoms. The van der Waals surface area contributed by atoms with E-state index >= 15 is 0 Å². The van der Waals surface area contributed by atoms with Gasteiger partial charge in [-0.15, -0.1) is 0 Å². The van der Waals surface area contributed by atoms with Crippen molar-refractivity contribution in [2.24, 2.45) is 4.99 Å². The molecule has 6 heteroatoms. The number of carbonyl (C=O) groups is 1. The van der Waals surface area contributed by atoms with Gasteiger partial charge in [0.15, 0.2) is 0 Å². The summed E-state index contributed by atoms with van der Waals surface area (Å²) < 4.78 is 5.89. The van der Waals surface area contributed by atoms with Gasteiger partial charge in [0.25, 0.3) is 0 Å². The second kappa shape index (κ2) is 5.94. The minimum absolute atomic E-state index is 0.261. The molecule has 0 radical (unpaired) electrons. The van der Waals surface area contributed by atoms with Crippen molar-refractivity contribution in [2.45, 2.75) is 33.3 Å². The van der Waals surface area contributed by atoms with Crippen molar-refractivity contribution < 1.29 is 9.53 Å². The largest absolute Gasteiger partial charge is 0.483 e. The van der Waals surface area contributed by atoms with E-state index in [2.05, 4.69) is 11.1 Å². The molecular weight excluding hydrogens is 292 g/mol. The van der Waals surface area contributed by atoms with Crippen LogP contribution in [0.2, 0.25) is 0 Å². The number of amidine groups is 1. The normalized spacial score (nSPS) is 15.4. The first-order valence-electron chi connectivity index (χ1n) is 6.99. The zero-order valence-electron chi connectivity index (χ0n) is 13.4. The van der Waals surface area contributed by atoms with Gasteiger partial charge in [-0.05, 0) is 45.0 Å². The number of nitriles is 2. The lowest BCUT2D eigenvalue weighted by Crippen LogP contribution is -2.37. The van der Waals surface area contributed by atoms with Crippen molar-refractivity contribution in [3.05, 3.63) is 35.4 Å². The van der Waals surface area contributed by atoms with Crippen LogP contribution in [-0.2, 0) is 4.79 Å². The molecule has 1 amide bonds. The molecule has 0 unspecified atom stereocenters. The molecule has 0 saturated heterocycles. The van der Waals surface area contributed by atoms with E-state index in [4.69, 9.17) is 15.3 Å². The van der Waals surface area contributed by atoms with Crippen molar-refractivity contribution in [1.82, 2.24) is 4.90 Å². The zero-order valence-corrected chi connectivity index (χ0v) is 13.4. The average molecular weight is 308 g/mol. The fourth-order valence-corrected chi connectivity index (χ4v) is 2.49. The average Bonchev–Trinajstić information content (AvgIpc) is 2.46. The SMILES string of the molecule is CC(=O)N(C1=CC(C)(C)Oc2ccc(C#N)cc21)C(C)=NC#N. The van der Waals surface area contributed by atoms with E-state index in [0.29, 0.717) is 22.6 Å². The van der Waals surface area contributed by atoms with Crippen LogP contribution in [0.15, 0.2) is 29.3 Å². The van der Waals surface area contributed by atoms with Gasteiger partial charge in [0.2, 0.25) is 12.1 Å². The van der Waals surface area contributed by atoms with Crippen LogP contribution in [0.4, 0.5) is 0 Å². The lowest BCUT2D eigenvalue weighted by molar-refractivity contribution is -0.122. The number of aliphatic imine (C=N–C) groups is 1. The number of nitrogens with zero attached hydrogens (tertiary/aromatic N) is 4. The summed E-state index contributed by atoms with van der Waals surface area (Å²) in [5.41, 5.74) is 0.983. The van der Waals surface area contributed by atoms with Gasteiger partial charge in [0, 0.05) is 12.5 Å². The Morgan fingerprint density at radius 3 is 2.57 bits per heavy atom. The fourth-order valence-electron chi connectivity index (χ4n) is 2.49. The molecule has 1 aliphatic heterocycles. The van der Waals surface area contributed by atoms with Crippen molar-refractivity contribution in [2.75, 3.05) is 0 Å². The lowest BCUT2D eigenvalue weighted by Gasteiger charge is -2.34. The number of ether oxygens (including phenoxy) is 1. The first-order chi connectivity index (χ1) is 10.8. The number of hydrogen-bond donors (Lipinski definition) is 0. The van der Waals surface area contributed by atoms with E-state index < -0.39 is 5.60 Å². The molecule has 0 saturated carbocycles. The third kappa shape index (κ3) is 3.22. The van der Waals surface area contributed by atoms with Crippen molar-refractivity contribution in [3.63, 3.8) is 0 Å². The van der Waals surface area contributed by atoms with Gasteiger partial charge >= 0.3 is 0 Å². The Balaban J connectivity index is 2.70. The molecule has 0 aliphatic carbocycles. The minimum Gasteiger partial charge on any atom is -0.483 e. The number of amides is 1. The number of rotatable bonds is 1. The third-order valence-electron chi connectivity index (χ3n) is 3.33. The third-order valence-corrected chi connectivity index (χ3v) is 3.33. The summed E-state index contributed by atoms with van der Waals surface area (Å²) in [6, 6.07) is 7.10. The number of fused-ring (bicyclic) bond motifs is 1. The van der Waals surface area contributed by atoms with Crippen LogP contribution in [-0.4, -0.2) is 22.2 Å². The molecule has 116 valence electrons. The first-order valence-corrected chi connectivity index (χ1v) is 6.99. The van der Waals surface area contributed by atoms with Crippen molar-refractivity contribution >= 4 is 17.4 Å². The number of hydrogen-bond acceptors (Lipinski definition) is 5. The predicted octanol–water partition coefficient (Wildman–Crippen LogP) is 2.82. The summed E-state index contributed by atoms with van der Waals surface area (Å²) in [7, 11) is 0. The highest BCUT2D eigenvalue weighted by molar-refractivity contribution is 6.05. The molecule has 0 bridgehead atoms. The number of carbonyl (C=O) groups excluding carboxylic acids is 1. The molecule has 1 aliphatic rings. The van der Waals surface area contributed by atoms with Gasteiger partial charge in [-0.25, -0.2) is 0 Å². The molecule has 1 aromatic carbocycles. The Kier molecular flexibility index (Phi) is 4.20. The summed E-state index contributed by atoms with van der Waals surface area (Å²) in [6.07, 6.45) is 3.48. The molecule has 0 spiro atoms. The van der Waals surface area contributed by atoms with Crippen LogP contribution in [0.3, 0.4) is 0 Å². The number of benzene rings is 1. The van der Waals surface area contributed by atoms with Crippen LogP contribution in [0, 0.1) is 22.8 Å². The molecule has 6 nitrogen and oxygen atoms in total. The van der Waals surface area contributed by atoms with Gasteiger partial charge in [0.05, 0.1) is 17.3 Å². The summed E-state index contributed by atoms with van der Waals surface area (Å²) in [5.74, 6) is 0.554. The van der Waals surface area contributed by atoms with Gasteiger partial charge in [-0.2, -0.15) is 15.5 Å². The molecule has 0 fully saturated rings. The van der Waals surface area contributed by atoms with Crippen molar-refractivity contribution in [1.29, 1.82) is 10.5 Å². The van der Waals surface area contributed by atoms with Crippen LogP contribution in [0.25, 0.3) is 5.70 Å². The Morgan fingerprint density at radius 1 is 1.30 bits per heavy atom. The van der Waals surface area contributed by atoms with E-state index in [9.17, 15) is 4.79 Å². The van der Waals surface area contributed by atoms with Gasteiger partial charge in [-0.1, -0.05) is 0 Å². The van der Waals surface area contributed by atoms with E-state index in [0.717, 1.165) is 0 Å². The predicted molar refractivity (Wildman–Crippen MR) is 85.1 cm³/mol. The highest BCUT2D eigenvalue weighted by atomic mass is 16.5. The summed E-state index contributed by atoms with van der Waals surface area (Å²) in [6.45, 7) is 6.71. The maximum atomic E-state index is 12.1. The monoisotopic (exact) mass is 308 g/mol. The molecule has 0 aromatic heterocycles. The maximum Gasteiger partial charge on any atom is 0.229 e. The maximum absolute atomic E-state index is 12.1. The second-order valence-corrected chi connectivity index (χ2v) is 5.67. The Hall–Kier alpha value is -3.12. The van der Waals surface area contributed by atoms with E-state index in [1.165, 1.54) is 11.8 Å². The molecule has 1 heterocycles. The highest BCUT2D eigenvalue weighted by Crippen LogP contribution is 2.38. The molecule has 2 rings (SSSR count). The minimum atomic E-state index is -0.642. The Bertz CT molecular complexity index is 807. The first kappa shape index (κ1) is 16.3. The van der Waals surface area contributed by atoms with Crippen LogP contribution in [0.5, 0.6) is 5.75 Å². The molecule has 0 atom stereocenters. The Morgan fingerprint density at radius 2 is 2.00 bits per heavy atom. The smallest absolute Gasteiger partial charge is 0.229 e. The topological polar surface area (TPSA) is 89.5 Å². The zero-order chi connectivity index (χ0) is 17.2. The van der Waals surface area contributed by atoms with Crippen LogP contribution in [0.1, 0.15) is 38.8 Å². The van der Waals surface area contributed by atoms with Gasteiger partial charge < -0.3 is 4.74 Å². The molecule has 1 aromatic rings. The van der Waals surface area contributed by atoms with E-state index in [1.807, 2.05) is 13.8 Å². The quantitative estimate of drug-likeness (QED) is 0.453. The standard InChI is InChI=1S/C17H16N4O2/c1-11(20-10-19)21(12(2)22)15-8-17(3,4)23-16-6-5-13(9-18)7-14(15)16/h5-8H,1-4H3. The molecular formula is C17H16N4O2. The van der Waals surface area contributed by atoms with E-state index in [1.54, 1.807) is 37.4 Å². The Labute approximate surface area is 134 Å². The summed E-state index contributed by atoms with van der Waals surface area (Å²) >= 11 is 0. The molecule has 0 N–H and O–H groups in total. The summed E-state index contributed by atoms with van der Waals surface area (Å²) in [5, 5.41) is 17.9. The van der Waals surface area contributed by atoms with Crippen molar-refractivity contribution in [3.8, 4) is 18.0 Å². The second-order valence-electron chi connectivity index (χ2n) is 5.67. The van der Waals surface area contributed by atoms with Gasteiger partial charge in [0.1, 0.15) is 17.2 Å². The highest BCUT2D eigenvalue weighted by Gasteiger charge is 2.31.